The number of rotatable bonds is 4. The summed E-state index contributed by atoms with van der Waals surface area (Å²) in [5.74, 6) is 0.0649. The average Bonchev–Trinajstić information content (AvgIpc) is 2.99. The average molecular weight is 379 g/mol. The van der Waals surface area contributed by atoms with Crippen molar-refractivity contribution in [1.82, 2.24) is 0 Å². The normalized spacial score (nSPS) is 12.7. The molecule has 5 nitrogen and oxygen atoms in total. The van der Waals surface area contributed by atoms with Gasteiger partial charge in [0.2, 0.25) is 5.91 Å². The van der Waals surface area contributed by atoms with E-state index in [1.807, 2.05) is 12.1 Å². The lowest BCUT2D eigenvalue weighted by atomic mass is 10.1. The molecular formula is C18H16Cl2N2O3. The number of carbonyl (C=O) groups is 2. The lowest BCUT2D eigenvalue weighted by Crippen LogP contribution is -2.25. The molecule has 0 saturated heterocycles. The SMILES string of the molecule is CC(=O)N1CCc2cc(NC(=O)COc3cc(Cl)ccc3Cl)ccc21. The molecule has 130 valence electrons. The first-order valence-corrected chi connectivity index (χ1v) is 8.48. The van der Waals surface area contributed by atoms with Gasteiger partial charge in [0, 0.05) is 35.9 Å². The Kier molecular flexibility index (Phi) is 5.16. The van der Waals surface area contributed by atoms with Crippen LogP contribution in [0.5, 0.6) is 5.75 Å². The van der Waals surface area contributed by atoms with E-state index in [-0.39, 0.29) is 18.4 Å². The van der Waals surface area contributed by atoms with Crippen molar-refractivity contribution in [1.29, 1.82) is 0 Å². The lowest BCUT2D eigenvalue weighted by molar-refractivity contribution is -0.118. The van der Waals surface area contributed by atoms with Crippen LogP contribution in [0.1, 0.15) is 12.5 Å². The van der Waals surface area contributed by atoms with Crippen LogP contribution in [0.25, 0.3) is 0 Å². The van der Waals surface area contributed by atoms with Crippen LogP contribution in [0, 0.1) is 0 Å². The van der Waals surface area contributed by atoms with Crippen LogP contribution >= 0.6 is 23.2 Å². The molecule has 1 aliphatic rings. The standard InChI is InChI=1S/C18H16Cl2N2O3/c1-11(23)22-7-6-12-8-14(3-5-16(12)22)21-18(24)10-25-17-9-13(19)2-4-15(17)20/h2-5,8-9H,6-7,10H2,1H3,(H,21,24). The van der Waals surface area contributed by atoms with Gasteiger partial charge in [-0.05, 0) is 42.3 Å². The van der Waals surface area contributed by atoms with Crippen molar-refractivity contribution in [3.8, 4) is 5.75 Å². The van der Waals surface area contributed by atoms with Gasteiger partial charge in [-0.3, -0.25) is 9.59 Å². The van der Waals surface area contributed by atoms with Gasteiger partial charge in [-0.25, -0.2) is 0 Å². The predicted octanol–water partition coefficient (Wildman–Crippen LogP) is 3.92. The van der Waals surface area contributed by atoms with Gasteiger partial charge in [0.05, 0.1) is 5.02 Å². The third-order valence-electron chi connectivity index (χ3n) is 3.89. The van der Waals surface area contributed by atoms with E-state index in [0.29, 0.717) is 28.0 Å². The van der Waals surface area contributed by atoms with Crippen molar-refractivity contribution in [3.05, 3.63) is 52.0 Å². The maximum Gasteiger partial charge on any atom is 0.262 e. The smallest absolute Gasteiger partial charge is 0.262 e. The first kappa shape index (κ1) is 17.6. The van der Waals surface area contributed by atoms with Crippen molar-refractivity contribution in [2.45, 2.75) is 13.3 Å². The van der Waals surface area contributed by atoms with E-state index in [1.165, 1.54) is 0 Å². The highest BCUT2D eigenvalue weighted by molar-refractivity contribution is 6.34. The zero-order chi connectivity index (χ0) is 18.0. The van der Waals surface area contributed by atoms with Gasteiger partial charge >= 0.3 is 0 Å². The van der Waals surface area contributed by atoms with Gasteiger partial charge in [0.15, 0.2) is 6.61 Å². The maximum absolute atomic E-state index is 12.1. The minimum Gasteiger partial charge on any atom is -0.482 e. The molecule has 0 spiro atoms. The predicted molar refractivity (Wildman–Crippen MR) is 98.8 cm³/mol. The van der Waals surface area contributed by atoms with Crippen molar-refractivity contribution < 1.29 is 14.3 Å². The van der Waals surface area contributed by atoms with Crippen LogP contribution < -0.4 is 15.0 Å². The lowest BCUT2D eigenvalue weighted by Gasteiger charge is -2.15. The fourth-order valence-electron chi connectivity index (χ4n) is 2.73. The number of hydrogen-bond acceptors (Lipinski definition) is 3. The van der Waals surface area contributed by atoms with E-state index in [9.17, 15) is 9.59 Å². The molecule has 0 saturated carbocycles. The van der Waals surface area contributed by atoms with Gasteiger partial charge in [0.1, 0.15) is 5.75 Å². The molecule has 0 atom stereocenters. The Morgan fingerprint density at radius 1 is 1.20 bits per heavy atom. The van der Waals surface area contributed by atoms with Crippen LogP contribution in [-0.2, 0) is 16.0 Å². The fraction of sp³-hybridized carbons (Fsp3) is 0.222. The minimum absolute atomic E-state index is 0.0161. The summed E-state index contributed by atoms with van der Waals surface area (Å²) in [6.45, 7) is 2.03. The first-order valence-electron chi connectivity index (χ1n) is 7.73. The quantitative estimate of drug-likeness (QED) is 0.876. The molecule has 2 aromatic rings. The molecule has 7 heteroatoms. The van der Waals surface area contributed by atoms with Crippen LogP contribution in [0.15, 0.2) is 36.4 Å². The number of nitrogens with zero attached hydrogens (tertiary/aromatic N) is 1. The molecule has 0 aromatic heterocycles. The van der Waals surface area contributed by atoms with E-state index < -0.39 is 0 Å². The molecule has 0 bridgehead atoms. The van der Waals surface area contributed by atoms with Crippen LogP contribution in [0.3, 0.4) is 0 Å². The monoisotopic (exact) mass is 378 g/mol. The van der Waals surface area contributed by atoms with Crippen LogP contribution in [0.4, 0.5) is 11.4 Å². The van der Waals surface area contributed by atoms with Gasteiger partial charge in [0.25, 0.3) is 5.91 Å². The summed E-state index contributed by atoms with van der Waals surface area (Å²) in [5.41, 5.74) is 2.59. The van der Waals surface area contributed by atoms with Crippen molar-refractivity contribution in [2.75, 3.05) is 23.4 Å². The highest BCUT2D eigenvalue weighted by Crippen LogP contribution is 2.31. The Hall–Kier alpha value is -2.24. The zero-order valence-electron chi connectivity index (χ0n) is 13.5. The topological polar surface area (TPSA) is 58.6 Å². The number of fused-ring (bicyclic) bond motifs is 1. The van der Waals surface area contributed by atoms with Crippen molar-refractivity contribution in [2.24, 2.45) is 0 Å². The second-order valence-corrected chi connectivity index (χ2v) is 6.52. The maximum atomic E-state index is 12.1. The van der Waals surface area contributed by atoms with Crippen molar-refractivity contribution in [3.63, 3.8) is 0 Å². The summed E-state index contributed by atoms with van der Waals surface area (Å²) in [5, 5.41) is 3.64. The molecule has 0 radical (unpaired) electrons. The molecule has 1 N–H and O–H groups in total. The van der Waals surface area contributed by atoms with Gasteiger partial charge in [-0.15, -0.1) is 0 Å². The summed E-state index contributed by atoms with van der Waals surface area (Å²) in [4.78, 5) is 25.4. The number of anilines is 2. The largest absolute Gasteiger partial charge is 0.482 e. The highest BCUT2D eigenvalue weighted by Gasteiger charge is 2.22. The Morgan fingerprint density at radius 2 is 2.00 bits per heavy atom. The number of halogens is 2. The molecule has 0 fully saturated rings. The summed E-state index contributed by atoms with van der Waals surface area (Å²) in [7, 11) is 0. The van der Waals surface area contributed by atoms with Crippen molar-refractivity contribution >= 4 is 46.4 Å². The molecule has 2 amide bonds. The highest BCUT2D eigenvalue weighted by atomic mass is 35.5. The van der Waals surface area contributed by atoms with Gasteiger partial charge in [-0.1, -0.05) is 23.2 Å². The van der Waals surface area contributed by atoms with E-state index in [1.54, 1.807) is 36.1 Å². The van der Waals surface area contributed by atoms with Crippen LogP contribution in [-0.4, -0.2) is 25.0 Å². The molecule has 0 aliphatic carbocycles. The van der Waals surface area contributed by atoms with E-state index in [0.717, 1.165) is 17.7 Å². The molecule has 3 rings (SSSR count). The molecular weight excluding hydrogens is 363 g/mol. The number of carbonyl (C=O) groups excluding carboxylic acids is 2. The fourth-order valence-corrected chi connectivity index (χ4v) is 3.07. The molecule has 1 heterocycles. The summed E-state index contributed by atoms with van der Waals surface area (Å²) in [6, 6.07) is 10.3. The third kappa shape index (κ3) is 4.06. The minimum atomic E-state index is -0.308. The van der Waals surface area contributed by atoms with E-state index in [4.69, 9.17) is 27.9 Å². The number of benzene rings is 2. The molecule has 25 heavy (non-hydrogen) atoms. The van der Waals surface area contributed by atoms with Gasteiger partial charge in [-0.2, -0.15) is 0 Å². The first-order chi connectivity index (χ1) is 11.9. The Morgan fingerprint density at radius 3 is 2.76 bits per heavy atom. The Labute approximate surface area is 155 Å². The van der Waals surface area contributed by atoms with Gasteiger partial charge < -0.3 is 15.0 Å². The van der Waals surface area contributed by atoms with E-state index in [2.05, 4.69) is 5.32 Å². The zero-order valence-corrected chi connectivity index (χ0v) is 15.0. The third-order valence-corrected chi connectivity index (χ3v) is 4.44. The Balaban J connectivity index is 1.62. The summed E-state index contributed by atoms with van der Waals surface area (Å²) < 4.78 is 5.41. The second-order valence-electron chi connectivity index (χ2n) is 5.68. The summed E-state index contributed by atoms with van der Waals surface area (Å²) in [6.07, 6.45) is 0.771. The number of nitrogens with one attached hydrogen (secondary N) is 1. The molecule has 0 unspecified atom stereocenters. The van der Waals surface area contributed by atoms with Crippen LogP contribution in [0.2, 0.25) is 10.0 Å². The molecule has 2 aromatic carbocycles. The number of hydrogen-bond donors (Lipinski definition) is 1. The van der Waals surface area contributed by atoms with E-state index >= 15 is 0 Å². The Bertz CT molecular complexity index is 839. The number of ether oxygens (including phenoxy) is 1. The number of amides is 2. The summed E-state index contributed by atoms with van der Waals surface area (Å²) >= 11 is 11.9. The second kappa shape index (κ2) is 7.33. The molecule has 1 aliphatic heterocycles.